The van der Waals surface area contributed by atoms with Crippen molar-refractivity contribution in [1.82, 2.24) is 29.7 Å². The van der Waals surface area contributed by atoms with Gasteiger partial charge in [0.05, 0.1) is 24.3 Å². The van der Waals surface area contributed by atoms with Gasteiger partial charge in [-0.15, -0.1) is 0 Å². The van der Waals surface area contributed by atoms with Crippen LogP contribution in [0.3, 0.4) is 0 Å². The molecule has 2 N–H and O–H groups in total. The van der Waals surface area contributed by atoms with Crippen molar-refractivity contribution >= 4 is 5.52 Å². The summed E-state index contributed by atoms with van der Waals surface area (Å²) in [4.78, 5) is 14.5. The van der Waals surface area contributed by atoms with E-state index < -0.39 is 0 Å². The average molecular weight is 314 g/mol. The highest BCUT2D eigenvalue weighted by Crippen LogP contribution is 2.13. The fraction of sp³-hybridized carbons (Fsp3) is 0.438. The fourth-order valence-corrected chi connectivity index (χ4v) is 2.62. The van der Waals surface area contributed by atoms with Crippen LogP contribution in [-0.4, -0.2) is 37.5 Å². The number of fused-ring (bicyclic) bond motifs is 1. The predicted molar refractivity (Wildman–Crippen MR) is 89.4 cm³/mol. The first-order valence-corrected chi connectivity index (χ1v) is 8.00. The molecule has 0 radical (unpaired) electrons. The lowest BCUT2D eigenvalue weighted by molar-refractivity contribution is 0.702. The number of nitrogens with one attached hydrogen (secondary N) is 2. The van der Waals surface area contributed by atoms with Crippen molar-refractivity contribution in [3.05, 3.63) is 41.2 Å². The molecule has 7 nitrogen and oxygen atoms in total. The van der Waals surface area contributed by atoms with E-state index in [1.807, 2.05) is 13.2 Å². The Balaban J connectivity index is 0.000000188. The largest absolute Gasteiger partial charge is 0.319 e. The third kappa shape index (κ3) is 3.87. The zero-order chi connectivity index (χ0) is 16.1. The Bertz CT molecular complexity index is 796. The Kier molecular flexibility index (Phi) is 4.87. The van der Waals surface area contributed by atoms with Crippen LogP contribution in [0.15, 0.2) is 35.6 Å². The van der Waals surface area contributed by atoms with Crippen LogP contribution in [0.4, 0.5) is 0 Å². The molecule has 1 aliphatic heterocycles. The highest BCUT2D eigenvalue weighted by atomic mass is 16.1. The summed E-state index contributed by atoms with van der Waals surface area (Å²) in [5.74, 6) is 0. The summed E-state index contributed by atoms with van der Waals surface area (Å²) in [6.07, 6.45) is 12.5. The first-order chi connectivity index (χ1) is 11.2. The molecule has 7 heteroatoms. The minimum absolute atomic E-state index is 0.154. The van der Waals surface area contributed by atoms with Gasteiger partial charge in [-0.3, -0.25) is 9.48 Å². The maximum absolute atomic E-state index is 11.7. The van der Waals surface area contributed by atoms with Crippen molar-refractivity contribution in [3.8, 4) is 11.3 Å². The molecule has 1 aliphatic rings. The van der Waals surface area contributed by atoms with E-state index in [1.165, 1.54) is 38.8 Å². The summed E-state index contributed by atoms with van der Waals surface area (Å²) >= 11 is 0. The normalized spacial score (nSPS) is 15.0. The molecule has 0 saturated carbocycles. The van der Waals surface area contributed by atoms with Gasteiger partial charge < -0.3 is 10.3 Å². The van der Waals surface area contributed by atoms with Gasteiger partial charge in [-0.2, -0.15) is 10.2 Å². The molecule has 0 unspecified atom stereocenters. The summed E-state index contributed by atoms with van der Waals surface area (Å²) in [7, 11) is 1.83. The number of hydrogen-bond donors (Lipinski definition) is 2. The zero-order valence-electron chi connectivity index (χ0n) is 13.3. The molecular weight excluding hydrogens is 292 g/mol. The summed E-state index contributed by atoms with van der Waals surface area (Å²) in [5, 5.41) is 11.4. The van der Waals surface area contributed by atoms with E-state index in [0.29, 0.717) is 11.2 Å². The SMILES string of the molecule is C1CCCNCC1.Cn1cc(-c2cn3nccc3c(=O)[nH]2)cn1. The lowest BCUT2D eigenvalue weighted by atomic mass is 10.2. The van der Waals surface area contributed by atoms with Crippen molar-refractivity contribution in [2.45, 2.75) is 25.7 Å². The van der Waals surface area contributed by atoms with Crippen LogP contribution in [0, 0.1) is 0 Å². The van der Waals surface area contributed by atoms with Crippen LogP contribution in [0.25, 0.3) is 16.8 Å². The molecule has 4 rings (SSSR count). The molecular formula is C16H22N6O. The number of nitrogens with zero attached hydrogens (tertiary/aromatic N) is 4. The molecule has 3 aromatic rings. The van der Waals surface area contributed by atoms with E-state index in [4.69, 9.17) is 0 Å². The van der Waals surface area contributed by atoms with E-state index in [9.17, 15) is 4.79 Å². The van der Waals surface area contributed by atoms with Gasteiger partial charge in [0.15, 0.2) is 0 Å². The number of hydrogen-bond acceptors (Lipinski definition) is 4. The highest BCUT2D eigenvalue weighted by Gasteiger charge is 2.05. The standard InChI is InChI=1S/C10H9N5O.C6H13N/c1-14-5-7(4-12-14)8-6-15-9(2-3-11-15)10(16)13-8;1-2-4-6-7-5-3-1/h2-6H,1H3,(H,13,16);7H,1-6H2. The fourth-order valence-electron chi connectivity index (χ4n) is 2.62. The maximum Gasteiger partial charge on any atom is 0.274 e. The summed E-state index contributed by atoms with van der Waals surface area (Å²) in [6, 6.07) is 1.67. The van der Waals surface area contributed by atoms with Crippen LogP contribution in [0.2, 0.25) is 0 Å². The van der Waals surface area contributed by atoms with Crippen LogP contribution in [-0.2, 0) is 7.05 Å². The Labute approximate surface area is 134 Å². The monoisotopic (exact) mass is 314 g/mol. The lowest BCUT2D eigenvalue weighted by Gasteiger charge is -1.98. The second-order valence-electron chi connectivity index (χ2n) is 5.72. The van der Waals surface area contributed by atoms with Crippen molar-refractivity contribution in [2.24, 2.45) is 7.05 Å². The first-order valence-electron chi connectivity index (χ1n) is 8.00. The van der Waals surface area contributed by atoms with Gasteiger partial charge in [0.2, 0.25) is 0 Å². The molecule has 23 heavy (non-hydrogen) atoms. The van der Waals surface area contributed by atoms with E-state index in [1.54, 1.807) is 33.9 Å². The number of aromatic nitrogens is 5. The number of aromatic amines is 1. The van der Waals surface area contributed by atoms with E-state index >= 15 is 0 Å². The maximum atomic E-state index is 11.7. The van der Waals surface area contributed by atoms with Crippen molar-refractivity contribution in [3.63, 3.8) is 0 Å². The van der Waals surface area contributed by atoms with Gasteiger partial charge in [-0.25, -0.2) is 4.52 Å². The second-order valence-corrected chi connectivity index (χ2v) is 5.72. The topological polar surface area (TPSA) is 80.0 Å². The quantitative estimate of drug-likeness (QED) is 0.714. The molecule has 0 amide bonds. The summed E-state index contributed by atoms with van der Waals surface area (Å²) in [5.41, 5.74) is 1.94. The average Bonchev–Trinajstić information content (AvgIpc) is 3.08. The minimum atomic E-state index is -0.154. The second kappa shape index (κ2) is 7.23. The van der Waals surface area contributed by atoms with Crippen LogP contribution >= 0.6 is 0 Å². The third-order valence-corrected chi connectivity index (χ3v) is 3.88. The summed E-state index contributed by atoms with van der Waals surface area (Å²) in [6.45, 7) is 2.50. The van der Waals surface area contributed by atoms with Gasteiger partial charge in [0.25, 0.3) is 5.56 Å². The van der Waals surface area contributed by atoms with Crippen LogP contribution in [0.1, 0.15) is 25.7 Å². The van der Waals surface area contributed by atoms with E-state index in [-0.39, 0.29) is 5.56 Å². The van der Waals surface area contributed by atoms with Gasteiger partial charge in [-0.05, 0) is 32.0 Å². The molecule has 1 fully saturated rings. The molecule has 3 aromatic heterocycles. The van der Waals surface area contributed by atoms with Gasteiger partial charge >= 0.3 is 0 Å². The van der Waals surface area contributed by atoms with E-state index in [2.05, 4.69) is 20.5 Å². The lowest BCUT2D eigenvalue weighted by Crippen LogP contribution is -2.12. The Morgan fingerprint density at radius 2 is 1.87 bits per heavy atom. The number of H-pyrrole nitrogens is 1. The number of rotatable bonds is 1. The first kappa shape index (κ1) is 15.5. The van der Waals surface area contributed by atoms with Crippen molar-refractivity contribution in [2.75, 3.05) is 13.1 Å². The molecule has 0 aliphatic carbocycles. The molecule has 0 spiro atoms. The molecule has 0 aromatic carbocycles. The Hall–Kier alpha value is -2.41. The molecule has 122 valence electrons. The minimum Gasteiger partial charge on any atom is -0.319 e. The number of aryl methyl sites for hydroxylation is 1. The zero-order valence-corrected chi connectivity index (χ0v) is 13.3. The van der Waals surface area contributed by atoms with Crippen molar-refractivity contribution in [1.29, 1.82) is 0 Å². The predicted octanol–water partition coefficient (Wildman–Crippen LogP) is 1.57. The smallest absolute Gasteiger partial charge is 0.274 e. The Morgan fingerprint density at radius 1 is 1.09 bits per heavy atom. The van der Waals surface area contributed by atoms with Crippen LogP contribution in [0.5, 0.6) is 0 Å². The molecule has 0 atom stereocenters. The van der Waals surface area contributed by atoms with Crippen molar-refractivity contribution < 1.29 is 0 Å². The summed E-state index contributed by atoms with van der Waals surface area (Å²) < 4.78 is 3.24. The Morgan fingerprint density at radius 3 is 2.57 bits per heavy atom. The van der Waals surface area contributed by atoms with Gasteiger partial charge in [0.1, 0.15) is 5.52 Å². The molecule has 0 bridgehead atoms. The van der Waals surface area contributed by atoms with Gasteiger partial charge in [0, 0.05) is 18.8 Å². The van der Waals surface area contributed by atoms with Crippen LogP contribution < -0.4 is 10.9 Å². The third-order valence-electron chi connectivity index (χ3n) is 3.88. The van der Waals surface area contributed by atoms with E-state index in [0.717, 1.165) is 5.56 Å². The van der Waals surface area contributed by atoms with Gasteiger partial charge in [-0.1, -0.05) is 12.8 Å². The molecule has 1 saturated heterocycles. The highest BCUT2D eigenvalue weighted by molar-refractivity contribution is 5.58. The molecule has 4 heterocycles.